The Bertz CT molecular complexity index is 752. The van der Waals surface area contributed by atoms with Crippen molar-refractivity contribution in [1.29, 1.82) is 0 Å². The van der Waals surface area contributed by atoms with Crippen LogP contribution < -0.4 is 4.74 Å². The van der Waals surface area contributed by atoms with E-state index in [2.05, 4.69) is 19.9 Å². The predicted molar refractivity (Wildman–Crippen MR) is 99.5 cm³/mol. The molecule has 0 radical (unpaired) electrons. The van der Waals surface area contributed by atoms with Crippen molar-refractivity contribution in [2.75, 3.05) is 14.2 Å². The number of hydrogen-bond donors (Lipinski definition) is 0. The van der Waals surface area contributed by atoms with Gasteiger partial charge in [0.2, 0.25) is 0 Å². The fourth-order valence-electron chi connectivity index (χ4n) is 4.14. The van der Waals surface area contributed by atoms with Gasteiger partial charge in [-0.25, -0.2) is 4.39 Å². The third-order valence-corrected chi connectivity index (χ3v) is 5.52. The van der Waals surface area contributed by atoms with E-state index in [1.165, 1.54) is 24.5 Å². The van der Waals surface area contributed by atoms with Crippen LogP contribution in [-0.4, -0.2) is 14.2 Å². The minimum absolute atomic E-state index is 0.211. The predicted octanol–water partition coefficient (Wildman–Crippen LogP) is 5.94. The van der Waals surface area contributed by atoms with Crippen LogP contribution in [0.5, 0.6) is 5.75 Å². The lowest BCUT2D eigenvalue weighted by atomic mass is 9.75. The van der Waals surface area contributed by atoms with Crippen LogP contribution in [-0.2, 0) is 11.3 Å². The van der Waals surface area contributed by atoms with Gasteiger partial charge in [0.1, 0.15) is 11.6 Å². The van der Waals surface area contributed by atoms with Crippen molar-refractivity contribution in [3.63, 3.8) is 0 Å². The summed E-state index contributed by atoms with van der Waals surface area (Å²) in [6, 6.07) is 11.2. The van der Waals surface area contributed by atoms with E-state index in [-0.39, 0.29) is 11.2 Å². The molecular formula is C22H27FO2. The van der Waals surface area contributed by atoms with E-state index < -0.39 is 0 Å². The summed E-state index contributed by atoms with van der Waals surface area (Å²) in [5.74, 6) is 0.885. The lowest BCUT2D eigenvalue weighted by Gasteiger charge is -2.30. The van der Waals surface area contributed by atoms with Gasteiger partial charge in [-0.2, -0.15) is 0 Å². The van der Waals surface area contributed by atoms with E-state index in [0.29, 0.717) is 23.8 Å². The molecule has 1 aliphatic rings. The number of methoxy groups -OCH3 is 2. The molecule has 134 valence electrons. The van der Waals surface area contributed by atoms with Crippen molar-refractivity contribution in [3.8, 4) is 16.9 Å². The van der Waals surface area contributed by atoms with Gasteiger partial charge in [-0.3, -0.25) is 0 Å². The molecule has 2 aromatic rings. The van der Waals surface area contributed by atoms with E-state index in [1.807, 2.05) is 12.1 Å². The maximum absolute atomic E-state index is 14.6. The molecule has 2 aromatic carbocycles. The third-order valence-electron chi connectivity index (χ3n) is 5.52. The minimum atomic E-state index is -0.211. The van der Waals surface area contributed by atoms with Crippen LogP contribution in [0.1, 0.15) is 50.2 Å². The van der Waals surface area contributed by atoms with Crippen molar-refractivity contribution in [3.05, 3.63) is 53.3 Å². The summed E-state index contributed by atoms with van der Waals surface area (Å²) in [5, 5.41) is 0. The highest BCUT2D eigenvalue weighted by Gasteiger charge is 2.37. The summed E-state index contributed by atoms with van der Waals surface area (Å²) in [5.41, 5.74) is 4.16. The average molecular weight is 342 g/mol. The van der Waals surface area contributed by atoms with Crippen LogP contribution in [0.25, 0.3) is 11.1 Å². The third kappa shape index (κ3) is 3.57. The fourth-order valence-corrected chi connectivity index (χ4v) is 4.14. The van der Waals surface area contributed by atoms with Crippen molar-refractivity contribution in [1.82, 2.24) is 0 Å². The van der Waals surface area contributed by atoms with Crippen LogP contribution in [0.3, 0.4) is 0 Å². The van der Waals surface area contributed by atoms with Gasteiger partial charge in [0.25, 0.3) is 0 Å². The van der Waals surface area contributed by atoms with Crippen molar-refractivity contribution in [2.24, 2.45) is 5.41 Å². The van der Waals surface area contributed by atoms with E-state index in [0.717, 1.165) is 17.5 Å². The summed E-state index contributed by atoms with van der Waals surface area (Å²) < 4.78 is 25.2. The zero-order chi connectivity index (χ0) is 18.0. The molecule has 1 atom stereocenters. The Morgan fingerprint density at radius 1 is 1.08 bits per heavy atom. The Hall–Kier alpha value is -1.87. The Labute approximate surface area is 150 Å². The number of rotatable bonds is 5. The van der Waals surface area contributed by atoms with Gasteiger partial charge in [0, 0.05) is 12.7 Å². The van der Waals surface area contributed by atoms with Crippen molar-refractivity contribution >= 4 is 0 Å². The molecule has 1 aliphatic carbocycles. The lowest BCUT2D eigenvalue weighted by molar-refractivity contribution is 0.184. The van der Waals surface area contributed by atoms with Crippen molar-refractivity contribution in [2.45, 2.75) is 45.6 Å². The van der Waals surface area contributed by atoms with Crippen molar-refractivity contribution < 1.29 is 13.9 Å². The Morgan fingerprint density at radius 3 is 2.52 bits per heavy atom. The minimum Gasteiger partial charge on any atom is -0.497 e. The smallest absolute Gasteiger partial charge is 0.131 e. The van der Waals surface area contributed by atoms with Crippen LogP contribution in [0.4, 0.5) is 4.39 Å². The van der Waals surface area contributed by atoms with Crippen LogP contribution in [0.15, 0.2) is 36.4 Å². The molecule has 2 nitrogen and oxygen atoms in total. The fraction of sp³-hybridized carbons (Fsp3) is 0.455. The zero-order valence-corrected chi connectivity index (χ0v) is 15.6. The van der Waals surface area contributed by atoms with Gasteiger partial charge in [0.15, 0.2) is 0 Å². The molecule has 3 rings (SSSR count). The van der Waals surface area contributed by atoms with E-state index in [4.69, 9.17) is 9.47 Å². The van der Waals surface area contributed by atoms with E-state index >= 15 is 0 Å². The second-order valence-corrected chi connectivity index (χ2v) is 7.63. The molecule has 0 spiro atoms. The highest BCUT2D eigenvalue weighted by atomic mass is 19.1. The lowest BCUT2D eigenvalue weighted by Crippen LogP contribution is -2.16. The molecule has 0 aliphatic heterocycles. The molecule has 25 heavy (non-hydrogen) atoms. The maximum Gasteiger partial charge on any atom is 0.131 e. The zero-order valence-electron chi connectivity index (χ0n) is 15.6. The highest BCUT2D eigenvalue weighted by molar-refractivity contribution is 5.71. The summed E-state index contributed by atoms with van der Waals surface area (Å²) in [4.78, 5) is 0. The Kier molecular flexibility index (Phi) is 5.14. The molecule has 0 N–H and O–H groups in total. The Balaban J connectivity index is 2.16. The molecule has 0 saturated heterocycles. The molecule has 0 bridgehead atoms. The molecular weight excluding hydrogens is 315 g/mol. The number of ether oxygens (including phenoxy) is 2. The molecule has 1 saturated carbocycles. The standard InChI is InChI=1S/C22H27FO2/c1-22(2)11-5-6-20(22)18-12-15(14-24-3)7-9-17(18)19-13-16(25-4)8-10-21(19)23/h7-10,12-13,20H,5-6,11,14H2,1-4H3. The summed E-state index contributed by atoms with van der Waals surface area (Å²) in [7, 11) is 3.31. The summed E-state index contributed by atoms with van der Waals surface area (Å²) in [6.07, 6.45) is 3.56. The second kappa shape index (κ2) is 7.17. The first kappa shape index (κ1) is 17.9. The van der Waals surface area contributed by atoms with E-state index in [9.17, 15) is 4.39 Å². The first-order chi connectivity index (χ1) is 12.0. The monoisotopic (exact) mass is 342 g/mol. The van der Waals surface area contributed by atoms with Gasteiger partial charge in [0.05, 0.1) is 13.7 Å². The first-order valence-corrected chi connectivity index (χ1v) is 8.92. The van der Waals surface area contributed by atoms with Gasteiger partial charge in [-0.15, -0.1) is 0 Å². The van der Waals surface area contributed by atoms with Gasteiger partial charge in [-0.1, -0.05) is 38.5 Å². The molecule has 0 aromatic heterocycles. The molecule has 3 heteroatoms. The van der Waals surface area contributed by atoms with Gasteiger partial charge < -0.3 is 9.47 Å². The quantitative estimate of drug-likeness (QED) is 0.669. The average Bonchev–Trinajstić information content (AvgIpc) is 2.95. The molecule has 0 amide bonds. The van der Waals surface area contributed by atoms with Crippen LogP contribution in [0, 0.1) is 11.2 Å². The molecule has 1 fully saturated rings. The molecule has 0 heterocycles. The number of hydrogen-bond acceptors (Lipinski definition) is 2. The second-order valence-electron chi connectivity index (χ2n) is 7.63. The topological polar surface area (TPSA) is 18.5 Å². The van der Waals surface area contributed by atoms with Gasteiger partial charge >= 0.3 is 0 Å². The Morgan fingerprint density at radius 2 is 1.88 bits per heavy atom. The largest absolute Gasteiger partial charge is 0.497 e. The van der Waals surface area contributed by atoms with E-state index in [1.54, 1.807) is 26.4 Å². The van der Waals surface area contributed by atoms with Crippen LogP contribution in [0.2, 0.25) is 0 Å². The van der Waals surface area contributed by atoms with Crippen LogP contribution >= 0.6 is 0 Å². The normalized spacial score (nSPS) is 19.2. The highest BCUT2D eigenvalue weighted by Crippen LogP contribution is 2.51. The maximum atomic E-state index is 14.6. The molecule has 1 unspecified atom stereocenters. The summed E-state index contributed by atoms with van der Waals surface area (Å²) >= 11 is 0. The van der Waals surface area contributed by atoms with Gasteiger partial charge in [-0.05, 0) is 59.1 Å². The first-order valence-electron chi connectivity index (χ1n) is 8.92. The number of halogens is 1. The SMILES string of the molecule is COCc1ccc(-c2cc(OC)ccc2F)c(C2CCCC2(C)C)c1. The number of benzene rings is 2. The summed E-state index contributed by atoms with van der Waals surface area (Å²) in [6.45, 7) is 5.21.